The molecular weight excluding hydrogens is 399 g/mol. The zero-order valence-electron chi connectivity index (χ0n) is 16.4. The van der Waals surface area contributed by atoms with Crippen LogP contribution < -0.4 is 14.2 Å². The molecule has 1 aliphatic heterocycles. The highest BCUT2D eigenvalue weighted by Gasteiger charge is 2.32. The van der Waals surface area contributed by atoms with Crippen LogP contribution in [0.4, 0.5) is 13.2 Å². The number of para-hydroxylation sites is 1. The lowest BCUT2D eigenvalue weighted by atomic mass is 10.1. The van der Waals surface area contributed by atoms with E-state index in [-0.39, 0.29) is 6.54 Å². The van der Waals surface area contributed by atoms with Crippen molar-refractivity contribution in [1.82, 2.24) is 4.90 Å². The fourth-order valence-electron chi connectivity index (χ4n) is 3.01. The van der Waals surface area contributed by atoms with Gasteiger partial charge in [-0.3, -0.25) is 4.79 Å². The minimum Gasteiger partial charge on any atom is -0.493 e. The molecule has 3 rings (SSSR count). The van der Waals surface area contributed by atoms with Crippen molar-refractivity contribution in [3.8, 4) is 17.2 Å². The van der Waals surface area contributed by atoms with Crippen molar-refractivity contribution in [2.45, 2.75) is 19.6 Å². The number of hydrogen-bond donors (Lipinski definition) is 0. The Kier molecular flexibility index (Phi) is 6.87. The first kappa shape index (κ1) is 21.5. The van der Waals surface area contributed by atoms with Gasteiger partial charge in [-0.25, -0.2) is 0 Å². The lowest BCUT2D eigenvalue weighted by Gasteiger charge is -2.24. The van der Waals surface area contributed by atoms with Crippen LogP contribution in [-0.2, 0) is 11.3 Å². The van der Waals surface area contributed by atoms with E-state index in [1.165, 1.54) is 6.08 Å². The van der Waals surface area contributed by atoms with E-state index in [2.05, 4.69) is 0 Å². The smallest absolute Gasteiger partial charge is 0.406 e. The molecule has 0 atom stereocenters. The quantitative estimate of drug-likeness (QED) is 0.620. The third-order valence-corrected chi connectivity index (χ3v) is 4.29. The minimum atomic E-state index is -4.53. The molecule has 1 amide bonds. The maximum Gasteiger partial charge on any atom is 0.406 e. The van der Waals surface area contributed by atoms with Crippen molar-refractivity contribution in [3.63, 3.8) is 0 Å². The number of carbonyl (C=O) groups is 1. The minimum absolute atomic E-state index is 0.216. The summed E-state index contributed by atoms with van der Waals surface area (Å²) in [5.41, 5.74) is 1.12. The molecule has 0 radical (unpaired) electrons. The summed E-state index contributed by atoms with van der Waals surface area (Å²) in [6.45, 7) is 1.46. The lowest BCUT2D eigenvalue weighted by molar-refractivity contribution is -0.159. The molecule has 0 saturated heterocycles. The Bertz CT molecular complexity index is 911. The number of ether oxygens (including phenoxy) is 3. The second-order valence-electron chi connectivity index (χ2n) is 6.59. The van der Waals surface area contributed by atoms with Gasteiger partial charge in [0, 0.05) is 18.2 Å². The van der Waals surface area contributed by atoms with Gasteiger partial charge in [0.15, 0.2) is 11.5 Å². The number of nitrogens with zero attached hydrogens (tertiary/aromatic N) is 1. The largest absolute Gasteiger partial charge is 0.493 e. The molecule has 0 bridgehead atoms. The summed E-state index contributed by atoms with van der Waals surface area (Å²) in [7, 11) is 0. The molecule has 2 aromatic rings. The first-order valence-corrected chi connectivity index (χ1v) is 9.50. The van der Waals surface area contributed by atoms with Gasteiger partial charge in [0.2, 0.25) is 5.91 Å². The summed E-state index contributed by atoms with van der Waals surface area (Å²) in [4.78, 5) is 13.3. The molecule has 0 fully saturated rings. The molecule has 0 aromatic heterocycles. The Hall–Kier alpha value is -3.16. The Labute approximate surface area is 172 Å². The molecule has 30 heavy (non-hydrogen) atoms. The van der Waals surface area contributed by atoms with Gasteiger partial charge < -0.3 is 19.1 Å². The van der Waals surface area contributed by atoms with Crippen LogP contribution in [-0.4, -0.2) is 43.3 Å². The summed E-state index contributed by atoms with van der Waals surface area (Å²) < 4.78 is 55.6. The normalized spacial score (nSPS) is 13.3. The van der Waals surface area contributed by atoms with Crippen molar-refractivity contribution >= 4 is 12.0 Å². The van der Waals surface area contributed by atoms with Gasteiger partial charge >= 0.3 is 6.18 Å². The van der Waals surface area contributed by atoms with Gasteiger partial charge in [-0.05, 0) is 36.8 Å². The number of halogens is 3. The Morgan fingerprint density at radius 3 is 2.60 bits per heavy atom. The highest BCUT2D eigenvalue weighted by atomic mass is 19.4. The van der Waals surface area contributed by atoms with Crippen LogP contribution >= 0.6 is 0 Å². The summed E-state index contributed by atoms with van der Waals surface area (Å²) >= 11 is 0. The van der Waals surface area contributed by atoms with Crippen LogP contribution in [0.25, 0.3) is 6.08 Å². The molecule has 8 heteroatoms. The topological polar surface area (TPSA) is 48.0 Å². The summed E-state index contributed by atoms with van der Waals surface area (Å²) in [5.74, 6) is 0.789. The lowest BCUT2D eigenvalue weighted by Crippen LogP contribution is -2.37. The molecule has 0 aliphatic carbocycles. The molecule has 0 unspecified atom stereocenters. The number of rotatable bonds is 7. The van der Waals surface area contributed by atoms with Gasteiger partial charge in [0.1, 0.15) is 25.5 Å². The van der Waals surface area contributed by atoms with E-state index in [1.807, 2.05) is 6.92 Å². The van der Waals surface area contributed by atoms with Crippen LogP contribution in [0.1, 0.15) is 18.1 Å². The van der Waals surface area contributed by atoms with E-state index in [0.717, 1.165) is 11.0 Å². The number of fused-ring (bicyclic) bond motifs is 1. The van der Waals surface area contributed by atoms with Crippen molar-refractivity contribution in [1.29, 1.82) is 0 Å². The number of carbonyl (C=O) groups excluding carboxylic acids is 1. The number of alkyl halides is 3. The first-order chi connectivity index (χ1) is 14.4. The van der Waals surface area contributed by atoms with Crippen LogP contribution in [0.3, 0.4) is 0 Å². The third kappa shape index (κ3) is 5.92. The monoisotopic (exact) mass is 421 g/mol. The SMILES string of the molecule is CCOc1ccccc1C=CC(=O)N(Cc1ccc2c(c1)OCCO2)CC(F)(F)F. The highest BCUT2D eigenvalue weighted by Crippen LogP contribution is 2.31. The molecular formula is C22H22F3NO4. The zero-order chi connectivity index (χ0) is 21.6. The predicted octanol–water partition coefficient (Wildman–Crippen LogP) is 4.46. The molecule has 0 N–H and O–H groups in total. The molecule has 160 valence electrons. The second kappa shape index (κ2) is 9.56. The highest BCUT2D eigenvalue weighted by molar-refractivity contribution is 5.92. The van der Waals surface area contributed by atoms with Crippen LogP contribution in [0.2, 0.25) is 0 Å². The van der Waals surface area contributed by atoms with Crippen molar-refractivity contribution in [2.75, 3.05) is 26.4 Å². The van der Waals surface area contributed by atoms with E-state index in [0.29, 0.717) is 48.2 Å². The van der Waals surface area contributed by atoms with Crippen molar-refractivity contribution < 1.29 is 32.2 Å². The van der Waals surface area contributed by atoms with Crippen molar-refractivity contribution in [3.05, 3.63) is 59.7 Å². The van der Waals surface area contributed by atoms with E-state index < -0.39 is 18.6 Å². The average molecular weight is 421 g/mol. The Morgan fingerprint density at radius 2 is 1.87 bits per heavy atom. The van der Waals surface area contributed by atoms with Crippen LogP contribution in [0.5, 0.6) is 17.2 Å². The van der Waals surface area contributed by atoms with Gasteiger partial charge in [0.25, 0.3) is 0 Å². The first-order valence-electron chi connectivity index (χ1n) is 9.50. The van der Waals surface area contributed by atoms with Gasteiger partial charge in [-0.1, -0.05) is 24.3 Å². The maximum atomic E-state index is 13.1. The average Bonchev–Trinajstić information content (AvgIpc) is 2.71. The van der Waals surface area contributed by atoms with E-state index >= 15 is 0 Å². The number of amides is 1. The standard InChI is InChI=1S/C22H22F3NO4/c1-2-28-18-6-4-3-5-17(18)8-10-21(27)26(15-22(23,24)25)14-16-7-9-19-20(13-16)30-12-11-29-19/h3-10,13H,2,11-12,14-15H2,1H3. The second-order valence-corrected chi connectivity index (χ2v) is 6.59. The number of hydrogen-bond acceptors (Lipinski definition) is 4. The molecule has 2 aromatic carbocycles. The van der Waals surface area contributed by atoms with E-state index in [1.54, 1.807) is 42.5 Å². The molecule has 0 spiro atoms. The van der Waals surface area contributed by atoms with E-state index in [4.69, 9.17) is 14.2 Å². The van der Waals surface area contributed by atoms with Crippen LogP contribution in [0, 0.1) is 0 Å². The van der Waals surface area contributed by atoms with Gasteiger partial charge in [-0.2, -0.15) is 13.2 Å². The summed E-state index contributed by atoms with van der Waals surface area (Å²) in [5, 5.41) is 0. The molecule has 0 saturated carbocycles. The Balaban J connectivity index is 1.79. The fourth-order valence-corrected chi connectivity index (χ4v) is 3.01. The maximum absolute atomic E-state index is 13.1. The molecule has 5 nitrogen and oxygen atoms in total. The summed E-state index contributed by atoms with van der Waals surface area (Å²) in [6.07, 6.45) is -1.94. The zero-order valence-corrected chi connectivity index (χ0v) is 16.4. The third-order valence-electron chi connectivity index (χ3n) is 4.29. The predicted molar refractivity (Wildman–Crippen MR) is 106 cm³/mol. The number of benzene rings is 2. The van der Waals surface area contributed by atoms with Gasteiger partial charge in [-0.15, -0.1) is 0 Å². The fraction of sp³-hybridized carbons (Fsp3) is 0.318. The summed E-state index contributed by atoms with van der Waals surface area (Å²) in [6, 6.07) is 11.9. The van der Waals surface area contributed by atoms with Gasteiger partial charge in [0.05, 0.1) is 6.61 Å². The molecule has 1 heterocycles. The molecule has 1 aliphatic rings. The van der Waals surface area contributed by atoms with Crippen LogP contribution in [0.15, 0.2) is 48.5 Å². The Morgan fingerprint density at radius 1 is 1.13 bits per heavy atom. The van der Waals surface area contributed by atoms with Crippen molar-refractivity contribution in [2.24, 2.45) is 0 Å². The van der Waals surface area contributed by atoms with E-state index in [9.17, 15) is 18.0 Å².